The summed E-state index contributed by atoms with van der Waals surface area (Å²) in [5, 5.41) is 53.2. The summed E-state index contributed by atoms with van der Waals surface area (Å²) in [7, 11) is 0. The third kappa shape index (κ3) is 17.3. The number of nitrogens with one attached hydrogen (secondary N) is 6. The molecular weight excluding hydrogens is 760 g/mol. The van der Waals surface area contributed by atoms with Crippen LogP contribution in [0.5, 0.6) is 0 Å². The van der Waals surface area contributed by atoms with Crippen molar-refractivity contribution in [3.05, 3.63) is 0 Å². The Balaban J connectivity index is 3.00. The van der Waals surface area contributed by atoms with E-state index < -0.39 is 116 Å². The van der Waals surface area contributed by atoms with Crippen LogP contribution in [-0.2, 0) is 38.4 Å². The first-order chi connectivity index (χ1) is 26.7. The van der Waals surface area contributed by atoms with Crippen molar-refractivity contribution in [2.75, 3.05) is 58.0 Å². The Morgan fingerprint density at radius 3 is 1.62 bits per heavy atom. The Bertz CT molecular complexity index is 1310. The molecule has 16 N–H and O–H groups in total. The van der Waals surface area contributed by atoms with Crippen LogP contribution in [0.3, 0.4) is 0 Å². The minimum atomic E-state index is -1.69. The monoisotopic (exact) mass is 820 g/mol. The van der Waals surface area contributed by atoms with Crippen molar-refractivity contribution in [3.63, 3.8) is 0 Å². The summed E-state index contributed by atoms with van der Waals surface area (Å²) >= 11 is 1.48. The molecule has 23 heteroatoms. The normalized spacial score (nSPS) is 17.0. The lowest BCUT2D eigenvalue weighted by atomic mass is 10.1. The van der Waals surface area contributed by atoms with Crippen LogP contribution < -0.4 is 49.1 Å². The third-order valence-corrected chi connectivity index (χ3v) is 9.46. The minimum Gasteiger partial charge on any atom is -0.480 e. The average molecular weight is 821 g/mol. The van der Waals surface area contributed by atoms with Crippen molar-refractivity contribution in [3.8, 4) is 0 Å². The van der Waals surface area contributed by atoms with Crippen molar-refractivity contribution in [1.29, 1.82) is 0 Å². The van der Waals surface area contributed by atoms with Crippen LogP contribution in [-0.4, -0.2) is 173 Å². The molecule has 0 bridgehead atoms. The van der Waals surface area contributed by atoms with Crippen LogP contribution in [0.1, 0.15) is 57.8 Å². The molecule has 0 spiro atoms. The summed E-state index contributed by atoms with van der Waals surface area (Å²) in [4.78, 5) is 104. The number of aliphatic carboxylic acids is 1. The molecule has 0 radical (unpaired) electrons. The number of carbonyl (C=O) groups is 8. The number of amides is 7. The van der Waals surface area contributed by atoms with Gasteiger partial charge in [0.2, 0.25) is 41.4 Å². The van der Waals surface area contributed by atoms with Crippen LogP contribution in [0.15, 0.2) is 0 Å². The first-order valence-electron chi connectivity index (χ1n) is 18.5. The van der Waals surface area contributed by atoms with E-state index in [1.54, 1.807) is 0 Å². The summed E-state index contributed by atoms with van der Waals surface area (Å²) in [6.45, 7) is -2.69. The number of nitrogens with zero attached hydrogens (tertiary/aromatic N) is 1. The second kappa shape index (κ2) is 27.5. The van der Waals surface area contributed by atoms with E-state index in [0.717, 1.165) is 0 Å². The molecule has 0 aromatic heterocycles. The van der Waals surface area contributed by atoms with Crippen molar-refractivity contribution in [1.82, 2.24) is 36.8 Å². The van der Waals surface area contributed by atoms with E-state index in [0.29, 0.717) is 50.8 Å². The van der Waals surface area contributed by atoms with Gasteiger partial charge in [0.25, 0.3) is 0 Å². The minimum absolute atomic E-state index is 0.0334. The fourth-order valence-corrected chi connectivity index (χ4v) is 6.08. The molecule has 22 nitrogen and oxygen atoms in total. The van der Waals surface area contributed by atoms with E-state index in [9.17, 15) is 58.8 Å². The molecule has 0 aromatic carbocycles. The molecule has 7 amide bonds. The van der Waals surface area contributed by atoms with Crippen LogP contribution in [0.2, 0.25) is 0 Å². The van der Waals surface area contributed by atoms with E-state index in [4.69, 9.17) is 17.2 Å². The number of hydrogen-bond acceptors (Lipinski definition) is 15. The van der Waals surface area contributed by atoms with Crippen LogP contribution in [0.25, 0.3) is 0 Å². The number of carboxylic acids is 1. The highest BCUT2D eigenvalue weighted by Gasteiger charge is 2.38. The van der Waals surface area contributed by atoms with Gasteiger partial charge in [-0.05, 0) is 82.9 Å². The van der Waals surface area contributed by atoms with Gasteiger partial charge in [0.1, 0.15) is 36.3 Å². The van der Waals surface area contributed by atoms with Crippen molar-refractivity contribution in [2.24, 2.45) is 17.2 Å². The van der Waals surface area contributed by atoms with Crippen LogP contribution in [0, 0.1) is 0 Å². The van der Waals surface area contributed by atoms with Gasteiger partial charge in [-0.15, -0.1) is 0 Å². The predicted octanol–water partition coefficient (Wildman–Crippen LogP) is -6.08. The molecule has 1 heterocycles. The van der Waals surface area contributed by atoms with E-state index >= 15 is 0 Å². The summed E-state index contributed by atoms with van der Waals surface area (Å²) in [5.74, 6) is -6.71. The topological polar surface area (TPSA) is 371 Å². The Hall–Kier alpha value is -4.13. The Kier molecular flexibility index (Phi) is 24.5. The molecule has 56 heavy (non-hydrogen) atoms. The SMILES string of the molecule is CSCC[C@H](N)C(=O)NCC(=O)N[C@@H](CO)C(=O)N[C@@H](CO)C(=O)N[C@@H](CCCCN)C(=O)N[C@@H](CO)C(=O)N[C@@H](CCCCN)C(=O)N1CCC[C@H]1C(=O)O. The molecule has 7 atom stereocenters. The lowest BCUT2D eigenvalue weighted by Crippen LogP contribution is -2.61. The predicted molar refractivity (Wildman–Crippen MR) is 203 cm³/mol. The van der Waals surface area contributed by atoms with Gasteiger partial charge in [0, 0.05) is 6.54 Å². The molecule has 1 fully saturated rings. The van der Waals surface area contributed by atoms with Gasteiger partial charge in [-0.25, -0.2) is 4.79 Å². The number of likely N-dealkylation sites (tertiary alicyclic amines) is 1. The molecule has 1 rings (SSSR count). The number of aliphatic hydroxyl groups excluding tert-OH is 3. The van der Waals surface area contributed by atoms with Crippen molar-refractivity contribution >= 4 is 59.1 Å². The Labute approximate surface area is 329 Å². The van der Waals surface area contributed by atoms with Crippen LogP contribution >= 0.6 is 11.8 Å². The van der Waals surface area contributed by atoms with Crippen molar-refractivity contribution in [2.45, 2.75) is 100 Å². The maximum Gasteiger partial charge on any atom is 0.326 e. The zero-order valence-electron chi connectivity index (χ0n) is 31.7. The smallest absolute Gasteiger partial charge is 0.326 e. The van der Waals surface area contributed by atoms with E-state index in [1.165, 1.54) is 16.7 Å². The summed E-state index contributed by atoms with van der Waals surface area (Å²) in [6, 6.07) is -9.42. The first-order valence-corrected chi connectivity index (χ1v) is 19.9. The standard InChI is InChI=1S/C33H60N10O12S/c1-56-14-10-19(36)27(48)37-15-26(47)38-22(16-44)29(50)42-23(17-45)30(51)39-20(7-2-4-11-34)28(49)41-24(18-46)31(52)40-21(8-3-5-12-35)32(53)43-13-6-9-25(43)33(54)55/h19-25,44-46H,2-18,34-36H2,1H3,(H,37,48)(H,38,47)(H,39,51)(H,40,52)(H,41,49)(H,42,50)(H,54,55)/t19-,20-,21-,22-,23-,24-,25-/m0/s1. The zero-order chi connectivity index (χ0) is 42.2. The number of aliphatic hydroxyl groups is 3. The number of hydrogen-bond donors (Lipinski definition) is 13. The molecule has 1 aliphatic rings. The molecule has 0 unspecified atom stereocenters. The highest BCUT2D eigenvalue weighted by atomic mass is 32.2. The average Bonchev–Trinajstić information content (AvgIpc) is 3.68. The summed E-state index contributed by atoms with van der Waals surface area (Å²) in [6.07, 6.45) is 4.61. The second-order valence-corrected chi connectivity index (χ2v) is 14.1. The molecule has 0 aromatic rings. The highest BCUT2D eigenvalue weighted by Crippen LogP contribution is 2.20. The Morgan fingerprint density at radius 1 is 0.679 bits per heavy atom. The lowest BCUT2D eigenvalue weighted by molar-refractivity contribution is -0.149. The summed E-state index contributed by atoms with van der Waals surface area (Å²) in [5.41, 5.74) is 16.9. The van der Waals surface area contributed by atoms with Gasteiger partial charge in [0.15, 0.2) is 0 Å². The van der Waals surface area contributed by atoms with Gasteiger partial charge in [-0.2, -0.15) is 11.8 Å². The highest BCUT2D eigenvalue weighted by molar-refractivity contribution is 7.98. The van der Waals surface area contributed by atoms with Crippen LogP contribution in [0.4, 0.5) is 0 Å². The van der Waals surface area contributed by atoms with E-state index in [2.05, 4.69) is 31.9 Å². The Morgan fingerprint density at radius 2 is 1.14 bits per heavy atom. The lowest BCUT2D eigenvalue weighted by Gasteiger charge is -2.29. The van der Waals surface area contributed by atoms with Gasteiger partial charge in [0.05, 0.1) is 32.4 Å². The molecule has 1 saturated heterocycles. The summed E-state index contributed by atoms with van der Waals surface area (Å²) < 4.78 is 0. The maximum atomic E-state index is 13.4. The van der Waals surface area contributed by atoms with E-state index in [1.807, 2.05) is 6.26 Å². The quantitative estimate of drug-likeness (QED) is 0.0327. The van der Waals surface area contributed by atoms with Gasteiger partial charge >= 0.3 is 5.97 Å². The third-order valence-electron chi connectivity index (χ3n) is 8.82. The number of unbranched alkanes of at least 4 members (excludes halogenated alkanes) is 2. The molecule has 320 valence electrons. The number of thioether (sulfide) groups is 1. The van der Waals surface area contributed by atoms with Gasteiger partial charge in [-0.3, -0.25) is 33.6 Å². The zero-order valence-corrected chi connectivity index (χ0v) is 32.5. The van der Waals surface area contributed by atoms with E-state index in [-0.39, 0.29) is 32.4 Å². The van der Waals surface area contributed by atoms with Gasteiger partial charge in [-0.1, -0.05) is 0 Å². The molecule has 0 aliphatic carbocycles. The number of nitrogens with two attached hydrogens (primary N) is 3. The molecular formula is C33H60N10O12S. The largest absolute Gasteiger partial charge is 0.480 e. The number of carboxylic acid groups (broad SMARTS) is 1. The fourth-order valence-electron chi connectivity index (χ4n) is 5.59. The molecule has 0 saturated carbocycles. The molecule has 1 aliphatic heterocycles. The first kappa shape index (κ1) is 49.9. The second-order valence-electron chi connectivity index (χ2n) is 13.1. The maximum absolute atomic E-state index is 13.4. The van der Waals surface area contributed by atoms with Gasteiger partial charge < -0.3 is 74.4 Å². The van der Waals surface area contributed by atoms with Crippen molar-refractivity contribution < 1.29 is 58.8 Å². The number of carbonyl (C=O) groups excluding carboxylic acids is 7. The number of rotatable bonds is 28. The fraction of sp³-hybridized carbons (Fsp3) is 0.758.